The van der Waals surface area contributed by atoms with Crippen molar-refractivity contribution in [3.8, 4) is 0 Å². The van der Waals surface area contributed by atoms with Gasteiger partial charge in [0.15, 0.2) is 0 Å². The first-order valence-electron chi connectivity index (χ1n) is 9.92. The minimum absolute atomic E-state index is 0.163. The van der Waals surface area contributed by atoms with E-state index in [-0.39, 0.29) is 11.5 Å². The summed E-state index contributed by atoms with van der Waals surface area (Å²) < 4.78 is 3.31. The maximum atomic E-state index is 13.1. The fourth-order valence-electron chi connectivity index (χ4n) is 3.88. The molecule has 4 rings (SSSR count). The Bertz CT molecular complexity index is 1130. The van der Waals surface area contributed by atoms with E-state index in [0.717, 1.165) is 39.7 Å². The molecule has 1 aliphatic carbocycles. The standard InChI is InChI=1S/C22H25N3O2S/c1-14-20-19(17-10-6-7-11-18(17)28-20)22(27)25(24-14)15(2)21(26)23-13-12-16-8-4-3-5-9-16/h6-8,10-11,15H,3-5,9,12-13H2,1-2H3,(H,23,26). The number of thiophene rings is 1. The molecule has 28 heavy (non-hydrogen) atoms. The van der Waals surface area contributed by atoms with E-state index >= 15 is 0 Å². The largest absolute Gasteiger partial charge is 0.354 e. The summed E-state index contributed by atoms with van der Waals surface area (Å²) in [6.45, 7) is 4.24. The number of hydrogen-bond donors (Lipinski definition) is 1. The lowest BCUT2D eigenvalue weighted by atomic mass is 9.97. The summed E-state index contributed by atoms with van der Waals surface area (Å²) in [5.74, 6) is -0.163. The third kappa shape index (κ3) is 3.49. The van der Waals surface area contributed by atoms with Crippen LogP contribution in [0.1, 0.15) is 50.8 Å². The monoisotopic (exact) mass is 395 g/mol. The fourth-order valence-corrected chi connectivity index (χ4v) is 5.01. The average molecular weight is 396 g/mol. The second-order valence-corrected chi connectivity index (χ2v) is 8.51. The van der Waals surface area contributed by atoms with Crippen LogP contribution in [0.2, 0.25) is 0 Å². The Kier molecular flexibility index (Phi) is 5.31. The van der Waals surface area contributed by atoms with Crippen LogP contribution in [0.4, 0.5) is 0 Å². The molecule has 6 heteroatoms. The number of carbonyl (C=O) groups excluding carboxylic acids is 1. The highest BCUT2D eigenvalue weighted by Crippen LogP contribution is 2.32. The molecule has 1 amide bonds. The van der Waals surface area contributed by atoms with E-state index in [2.05, 4.69) is 16.5 Å². The van der Waals surface area contributed by atoms with Crippen LogP contribution in [0, 0.1) is 6.92 Å². The van der Waals surface area contributed by atoms with Crippen molar-refractivity contribution in [2.45, 2.75) is 52.0 Å². The zero-order chi connectivity index (χ0) is 19.7. The predicted octanol–water partition coefficient (Wildman–Crippen LogP) is 4.49. The SMILES string of the molecule is Cc1nn(C(C)C(=O)NCCC2=CCCCC2)c(=O)c2c1sc1ccccc12. The Labute approximate surface area is 168 Å². The molecule has 1 aromatic carbocycles. The number of aryl methyl sites for hydroxylation is 1. The molecule has 0 aliphatic heterocycles. The van der Waals surface area contributed by atoms with Crippen molar-refractivity contribution in [2.75, 3.05) is 6.54 Å². The van der Waals surface area contributed by atoms with Gasteiger partial charge >= 0.3 is 0 Å². The molecule has 1 N–H and O–H groups in total. The minimum atomic E-state index is -0.644. The van der Waals surface area contributed by atoms with Crippen molar-refractivity contribution in [2.24, 2.45) is 0 Å². The van der Waals surface area contributed by atoms with Crippen molar-refractivity contribution in [1.29, 1.82) is 0 Å². The molecule has 5 nitrogen and oxygen atoms in total. The average Bonchev–Trinajstić information content (AvgIpc) is 3.11. The third-order valence-electron chi connectivity index (χ3n) is 5.48. The lowest BCUT2D eigenvalue weighted by molar-refractivity contribution is -0.124. The van der Waals surface area contributed by atoms with Gasteiger partial charge in [0, 0.05) is 16.6 Å². The summed E-state index contributed by atoms with van der Waals surface area (Å²) >= 11 is 1.58. The first-order chi connectivity index (χ1) is 13.6. The summed E-state index contributed by atoms with van der Waals surface area (Å²) in [7, 11) is 0. The molecule has 3 aromatic rings. The van der Waals surface area contributed by atoms with Gasteiger partial charge in [-0.1, -0.05) is 29.8 Å². The lowest BCUT2D eigenvalue weighted by Gasteiger charge is -2.16. The number of carbonyl (C=O) groups is 1. The highest BCUT2D eigenvalue weighted by molar-refractivity contribution is 7.26. The van der Waals surface area contributed by atoms with Gasteiger partial charge < -0.3 is 5.32 Å². The summed E-state index contributed by atoms with van der Waals surface area (Å²) in [6.07, 6.45) is 7.96. The number of hydrogen-bond acceptors (Lipinski definition) is 4. The number of fused-ring (bicyclic) bond motifs is 3. The molecular weight excluding hydrogens is 370 g/mol. The Morgan fingerprint density at radius 1 is 1.32 bits per heavy atom. The maximum Gasteiger partial charge on any atom is 0.276 e. The molecule has 2 aromatic heterocycles. The van der Waals surface area contributed by atoms with Gasteiger partial charge in [0.2, 0.25) is 5.91 Å². The van der Waals surface area contributed by atoms with E-state index in [0.29, 0.717) is 11.9 Å². The van der Waals surface area contributed by atoms with Gasteiger partial charge in [0.25, 0.3) is 5.56 Å². The molecule has 0 bridgehead atoms. The van der Waals surface area contributed by atoms with Crippen LogP contribution in [-0.2, 0) is 4.79 Å². The van der Waals surface area contributed by atoms with E-state index in [4.69, 9.17) is 0 Å². The van der Waals surface area contributed by atoms with Crippen molar-refractivity contribution in [3.05, 3.63) is 52.0 Å². The van der Waals surface area contributed by atoms with Crippen molar-refractivity contribution >= 4 is 37.4 Å². The van der Waals surface area contributed by atoms with Gasteiger partial charge in [-0.3, -0.25) is 9.59 Å². The molecule has 0 radical (unpaired) electrons. The van der Waals surface area contributed by atoms with Crippen molar-refractivity contribution in [1.82, 2.24) is 15.1 Å². The molecular formula is C22H25N3O2S. The van der Waals surface area contributed by atoms with Gasteiger partial charge in [0.1, 0.15) is 6.04 Å². The van der Waals surface area contributed by atoms with Crippen molar-refractivity contribution < 1.29 is 4.79 Å². The quantitative estimate of drug-likeness (QED) is 0.648. The zero-order valence-electron chi connectivity index (χ0n) is 16.3. The third-order valence-corrected chi connectivity index (χ3v) is 6.76. The van der Waals surface area contributed by atoms with E-state index in [1.807, 2.05) is 31.2 Å². The zero-order valence-corrected chi connectivity index (χ0v) is 17.1. The van der Waals surface area contributed by atoms with Crippen molar-refractivity contribution in [3.63, 3.8) is 0 Å². The van der Waals surface area contributed by atoms with Crippen LogP contribution in [0.15, 0.2) is 40.7 Å². The highest BCUT2D eigenvalue weighted by atomic mass is 32.1. The molecule has 1 unspecified atom stereocenters. The number of nitrogens with one attached hydrogen (secondary N) is 1. The van der Waals surface area contributed by atoms with Crippen LogP contribution < -0.4 is 10.9 Å². The Hall–Kier alpha value is -2.47. The Morgan fingerprint density at radius 3 is 2.93 bits per heavy atom. The summed E-state index contributed by atoms with van der Waals surface area (Å²) in [6, 6.07) is 7.23. The van der Waals surface area contributed by atoms with Gasteiger partial charge in [-0.15, -0.1) is 11.3 Å². The number of rotatable bonds is 5. The number of amides is 1. The molecule has 1 aliphatic rings. The number of aromatic nitrogens is 2. The summed E-state index contributed by atoms with van der Waals surface area (Å²) in [5.41, 5.74) is 2.01. The predicted molar refractivity (Wildman–Crippen MR) is 115 cm³/mol. The van der Waals surface area contributed by atoms with Gasteiger partial charge in [-0.05, 0) is 52.0 Å². The molecule has 0 saturated heterocycles. The molecule has 0 spiro atoms. The van der Waals surface area contributed by atoms with Gasteiger partial charge in [-0.25, -0.2) is 4.68 Å². The first-order valence-corrected chi connectivity index (χ1v) is 10.7. The number of allylic oxidation sites excluding steroid dienone is 1. The van der Waals surface area contributed by atoms with E-state index in [9.17, 15) is 9.59 Å². The molecule has 0 saturated carbocycles. The number of benzene rings is 1. The van der Waals surface area contributed by atoms with Crippen LogP contribution in [-0.4, -0.2) is 22.2 Å². The van der Waals surface area contributed by atoms with Crippen LogP contribution in [0.5, 0.6) is 0 Å². The fraction of sp³-hybridized carbons (Fsp3) is 0.409. The first kappa shape index (κ1) is 18.9. The smallest absolute Gasteiger partial charge is 0.276 e. The topological polar surface area (TPSA) is 64.0 Å². The Balaban J connectivity index is 1.58. The van der Waals surface area contributed by atoms with E-state index < -0.39 is 6.04 Å². The molecule has 0 fully saturated rings. The van der Waals surface area contributed by atoms with Gasteiger partial charge in [-0.2, -0.15) is 5.10 Å². The second-order valence-electron chi connectivity index (χ2n) is 7.46. The van der Waals surface area contributed by atoms with Crippen LogP contribution in [0.25, 0.3) is 20.2 Å². The van der Waals surface area contributed by atoms with E-state index in [1.165, 1.54) is 23.1 Å². The second kappa shape index (κ2) is 7.87. The van der Waals surface area contributed by atoms with E-state index in [1.54, 1.807) is 18.3 Å². The lowest BCUT2D eigenvalue weighted by Crippen LogP contribution is -2.37. The van der Waals surface area contributed by atoms with Crippen LogP contribution in [0.3, 0.4) is 0 Å². The summed E-state index contributed by atoms with van der Waals surface area (Å²) in [5, 5.41) is 9.04. The minimum Gasteiger partial charge on any atom is -0.354 e. The maximum absolute atomic E-state index is 13.1. The molecule has 2 heterocycles. The highest BCUT2D eigenvalue weighted by Gasteiger charge is 2.21. The van der Waals surface area contributed by atoms with Crippen LogP contribution >= 0.6 is 11.3 Å². The Morgan fingerprint density at radius 2 is 2.14 bits per heavy atom. The number of nitrogens with zero attached hydrogens (tertiary/aromatic N) is 2. The summed E-state index contributed by atoms with van der Waals surface area (Å²) in [4.78, 5) is 25.8. The van der Waals surface area contributed by atoms with Gasteiger partial charge in [0.05, 0.1) is 15.8 Å². The normalized spacial score (nSPS) is 15.6. The molecule has 146 valence electrons. The molecule has 1 atom stereocenters.